The van der Waals surface area contributed by atoms with Crippen molar-refractivity contribution in [3.05, 3.63) is 107 Å². The number of sulfonamides is 1. The first kappa shape index (κ1) is 32.2. The first-order valence-electron chi connectivity index (χ1n) is 15.0. The average molecular weight is 669 g/mol. The number of nitrogens with zero attached hydrogens (tertiary/aromatic N) is 1. The fraction of sp³-hybridized carbons (Fsp3) is 0.265. The van der Waals surface area contributed by atoms with Crippen LogP contribution in [0.15, 0.2) is 89.8 Å². The molecule has 246 valence electrons. The lowest BCUT2D eigenvalue weighted by atomic mass is 9.89. The lowest BCUT2D eigenvalue weighted by Gasteiger charge is -2.37. The van der Waals surface area contributed by atoms with Crippen LogP contribution in [0.3, 0.4) is 0 Å². The van der Waals surface area contributed by atoms with Gasteiger partial charge < -0.3 is 24.6 Å². The van der Waals surface area contributed by atoms with Crippen LogP contribution in [0.5, 0.6) is 28.7 Å². The Morgan fingerprint density at radius 1 is 0.894 bits per heavy atom. The predicted molar refractivity (Wildman–Crippen MR) is 165 cm³/mol. The van der Waals surface area contributed by atoms with Crippen molar-refractivity contribution in [2.45, 2.75) is 43.0 Å². The van der Waals surface area contributed by atoms with Gasteiger partial charge in [0.05, 0.1) is 17.5 Å². The summed E-state index contributed by atoms with van der Waals surface area (Å²) >= 11 is 0. The molecular weight excluding hydrogens is 637 g/mol. The number of carbonyl (C=O) groups is 1. The van der Waals surface area contributed by atoms with Gasteiger partial charge in [-0.1, -0.05) is 24.3 Å². The lowest BCUT2D eigenvalue weighted by Crippen LogP contribution is -2.40. The number of aromatic hydroxyl groups is 1. The predicted octanol–water partition coefficient (Wildman–Crippen LogP) is 6.25. The van der Waals surface area contributed by atoms with Crippen molar-refractivity contribution in [1.82, 2.24) is 9.62 Å². The van der Waals surface area contributed by atoms with Crippen molar-refractivity contribution in [3.8, 4) is 28.7 Å². The molecule has 0 saturated carbocycles. The van der Waals surface area contributed by atoms with Gasteiger partial charge in [0.15, 0.2) is 11.5 Å². The van der Waals surface area contributed by atoms with E-state index in [4.69, 9.17) is 9.47 Å². The van der Waals surface area contributed by atoms with Crippen molar-refractivity contribution >= 4 is 15.9 Å². The normalized spacial score (nSPS) is 17.6. The third-order valence-electron chi connectivity index (χ3n) is 7.96. The first-order valence-corrected chi connectivity index (χ1v) is 16.4. The third kappa shape index (κ3) is 7.47. The number of hydrogen-bond donors (Lipinski definition) is 2. The number of aryl methyl sites for hydroxylation is 1. The molecule has 0 aromatic heterocycles. The summed E-state index contributed by atoms with van der Waals surface area (Å²) in [5.41, 5.74) is 2.98. The minimum absolute atomic E-state index is 0.0730. The van der Waals surface area contributed by atoms with Gasteiger partial charge in [-0.3, -0.25) is 4.79 Å². The molecule has 0 spiro atoms. The van der Waals surface area contributed by atoms with E-state index in [-0.39, 0.29) is 35.3 Å². The van der Waals surface area contributed by atoms with Gasteiger partial charge in [-0.2, -0.15) is 4.31 Å². The van der Waals surface area contributed by atoms with Crippen molar-refractivity contribution in [3.63, 3.8) is 0 Å². The molecule has 4 aliphatic heterocycles. The topological polar surface area (TPSA) is 114 Å². The number of phenols is 1. The summed E-state index contributed by atoms with van der Waals surface area (Å²) in [6, 6.07) is 20.6. The van der Waals surface area contributed by atoms with Gasteiger partial charge in [-0.25, -0.2) is 8.42 Å². The highest BCUT2D eigenvalue weighted by Gasteiger charge is 2.38. The van der Waals surface area contributed by atoms with Crippen molar-refractivity contribution < 1.29 is 45.7 Å². The molecule has 2 N–H and O–H groups in total. The lowest BCUT2D eigenvalue weighted by molar-refractivity contribution is -0.274. The van der Waals surface area contributed by atoms with E-state index < -0.39 is 28.2 Å². The maximum absolute atomic E-state index is 14.0. The molecule has 47 heavy (non-hydrogen) atoms. The second kappa shape index (κ2) is 13.2. The quantitative estimate of drug-likeness (QED) is 0.265. The van der Waals surface area contributed by atoms with Crippen LogP contribution in [0.1, 0.15) is 41.1 Å². The minimum Gasteiger partial charge on any atom is -0.504 e. The molecule has 1 amide bonds. The van der Waals surface area contributed by atoms with Crippen LogP contribution in [-0.4, -0.2) is 49.8 Å². The Bertz CT molecular complexity index is 1860. The highest BCUT2D eigenvalue weighted by Crippen LogP contribution is 2.42. The number of rotatable bonds is 3. The van der Waals surface area contributed by atoms with Crippen LogP contribution in [-0.2, 0) is 27.7 Å². The number of ether oxygens (including phenoxy) is 3. The van der Waals surface area contributed by atoms with Crippen LogP contribution in [0.4, 0.5) is 13.2 Å². The van der Waals surface area contributed by atoms with Crippen LogP contribution in [0.25, 0.3) is 0 Å². The second-order valence-corrected chi connectivity index (χ2v) is 13.1. The van der Waals surface area contributed by atoms with E-state index in [1.165, 1.54) is 10.4 Å². The largest absolute Gasteiger partial charge is 0.573 e. The molecule has 4 heterocycles. The molecule has 0 fully saturated rings. The monoisotopic (exact) mass is 668 g/mol. The van der Waals surface area contributed by atoms with Crippen LogP contribution >= 0.6 is 0 Å². The number of fused-ring (bicyclic) bond motifs is 1. The molecule has 0 aliphatic carbocycles. The van der Waals surface area contributed by atoms with E-state index in [2.05, 4.69) is 10.1 Å². The number of alkyl halides is 3. The number of benzene rings is 4. The Morgan fingerprint density at radius 2 is 1.64 bits per heavy atom. The van der Waals surface area contributed by atoms with Gasteiger partial charge in [0.25, 0.3) is 0 Å². The van der Waals surface area contributed by atoms with E-state index >= 15 is 0 Å². The molecule has 1 unspecified atom stereocenters. The number of nitrogens with one attached hydrogen (secondary N) is 1. The Labute approximate surface area is 269 Å². The van der Waals surface area contributed by atoms with Crippen molar-refractivity contribution in [1.29, 1.82) is 0 Å². The molecular formula is C34H31F3N2O7S. The van der Waals surface area contributed by atoms with E-state index in [0.717, 1.165) is 35.4 Å². The molecule has 13 heteroatoms. The summed E-state index contributed by atoms with van der Waals surface area (Å²) in [6.07, 6.45) is -3.31. The fourth-order valence-corrected chi connectivity index (χ4v) is 7.30. The second-order valence-electron chi connectivity index (χ2n) is 11.2. The molecule has 8 rings (SSSR count). The minimum atomic E-state index is -4.91. The van der Waals surface area contributed by atoms with E-state index in [9.17, 15) is 31.5 Å². The molecule has 1 atom stereocenters. The highest BCUT2D eigenvalue weighted by molar-refractivity contribution is 7.89. The summed E-state index contributed by atoms with van der Waals surface area (Å²) in [6.45, 7) is 0.849. The van der Waals surface area contributed by atoms with E-state index in [0.29, 0.717) is 55.0 Å². The first-order chi connectivity index (χ1) is 22.5. The summed E-state index contributed by atoms with van der Waals surface area (Å²) in [4.78, 5) is 12.2. The van der Waals surface area contributed by atoms with E-state index in [1.807, 2.05) is 0 Å². The van der Waals surface area contributed by atoms with Gasteiger partial charge in [0.2, 0.25) is 15.9 Å². The Balaban J connectivity index is 1.38. The molecule has 4 aromatic rings. The molecule has 8 bridgehead atoms. The van der Waals surface area contributed by atoms with Gasteiger partial charge >= 0.3 is 6.36 Å². The molecule has 9 nitrogen and oxygen atoms in total. The highest BCUT2D eigenvalue weighted by atomic mass is 32.2. The molecule has 4 aromatic carbocycles. The van der Waals surface area contributed by atoms with Gasteiger partial charge in [-0.15, -0.1) is 13.2 Å². The van der Waals surface area contributed by atoms with Gasteiger partial charge in [0.1, 0.15) is 17.2 Å². The Morgan fingerprint density at radius 3 is 2.38 bits per heavy atom. The molecule has 0 saturated heterocycles. The number of carbonyl (C=O) groups excluding carboxylic acids is 1. The zero-order valence-electron chi connectivity index (χ0n) is 25.0. The van der Waals surface area contributed by atoms with E-state index in [1.54, 1.807) is 54.6 Å². The smallest absolute Gasteiger partial charge is 0.504 e. The Hall–Kier alpha value is -4.75. The van der Waals surface area contributed by atoms with Crippen molar-refractivity contribution in [2.24, 2.45) is 0 Å². The number of halogens is 3. The van der Waals surface area contributed by atoms with Crippen LogP contribution < -0.4 is 19.5 Å². The maximum atomic E-state index is 14.0. The standard InChI is InChI=1S/C34H31F3N2O7S/c35-34(36,37)46-26-8-11-28(12-9-26)47(42,43)39-18-16-24-21-27-10-13-29(24)33(39)23-4-6-25(7-5-23)44-19-1-17-38-32(41)15-3-22-2-14-30(40)31(20-22)45-27/h2,4-14,20-21,33,40H,1,3,15-19H2,(H,38,41). The van der Waals surface area contributed by atoms with Crippen LogP contribution in [0.2, 0.25) is 0 Å². The maximum Gasteiger partial charge on any atom is 0.573 e. The van der Waals surface area contributed by atoms with Crippen LogP contribution in [0, 0.1) is 0 Å². The third-order valence-corrected chi connectivity index (χ3v) is 9.84. The number of hydrogen-bond acceptors (Lipinski definition) is 7. The summed E-state index contributed by atoms with van der Waals surface area (Å²) < 4.78 is 83.4. The number of amides is 1. The summed E-state index contributed by atoms with van der Waals surface area (Å²) in [5, 5.41) is 13.4. The van der Waals surface area contributed by atoms with Gasteiger partial charge in [-0.05, 0) is 102 Å². The average Bonchev–Trinajstić information content (AvgIpc) is 3.04. The van der Waals surface area contributed by atoms with Gasteiger partial charge in [0, 0.05) is 19.5 Å². The zero-order valence-corrected chi connectivity index (χ0v) is 25.8. The molecule has 4 aliphatic rings. The molecule has 0 radical (unpaired) electrons. The van der Waals surface area contributed by atoms with Crippen molar-refractivity contribution in [2.75, 3.05) is 19.7 Å². The SMILES string of the molecule is O=C1CCc2ccc(O)c(c2)Oc2ccc3c(c2)CCN(S(=O)(=O)c2ccc(OC(F)(F)F)cc2)C3c2ccc(cc2)OCCCN1. The zero-order chi connectivity index (χ0) is 33.2. The fourth-order valence-electron chi connectivity index (χ4n) is 5.70. The summed E-state index contributed by atoms with van der Waals surface area (Å²) in [5.74, 6) is 0.511. The summed E-state index contributed by atoms with van der Waals surface area (Å²) in [7, 11) is -4.20. The number of phenolic OH excluding ortho intramolecular Hbond substituents is 1. The Kier molecular flexibility index (Phi) is 9.02.